The zero-order valence-corrected chi connectivity index (χ0v) is 19.1. The first-order chi connectivity index (χ1) is 16.0. The predicted octanol–water partition coefficient (Wildman–Crippen LogP) is 7.54. The van der Waals surface area contributed by atoms with Gasteiger partial charge in [0.25, 0.3) is 0 Å². The first-order valence-electron chi connectivity index (χ1n) is 11.3. The minimum atomic E-state index is -0.0839. The molecule has 0 fully saturated rings. The molecule has 4 heteroatoms. The molecule has 168 valence electrons. The molecule has 0 radical (unpaired) electrons. The van der Waals surface area contributed by atoms with E-state index in [2.05, 4.69) is 38.1 Å². The summed E-state index contributed by atoms with van der Waals surface area (Å²) in [4.78, 5) is 0. The van der Waals surface area contributed by atoms with Gasteiger partial charge in [0.05, 0.1) is 0 Å². The fourth-order valence-corrected chi connectivity index (χ4v) is 4.26. The standard InChI is InChI=1S/C29H30N2O2/c1-3-29(4-2,21-5-13-25(14-6-21)32-27-17-9-23(30)10-18-27)22-7-15-26(16-8-22)33-28-19-11-24(31)12-20-28/h5-20H,3-4,30-31H2,1-2H3. The molecule has 4 nitrogen and oxygen atoms in total. The van der Waals surface area contributed by atoms with Crippen LogP contribution in [0.3, 0.4) is 0 Å². The number of anilines is 2. The van der Waals surface area contributed by atoms with E-state index in [0.717, 1.165) is 47.2 Å². The third-order valence-corrected chi connectivity index (χ3v) is 6.25. The number of nitrogen functional groups attached to an aromatic ring is 2. The second-order valence-corrected chi connectivity index (χ2v) is 8.18. The molecule has 0 aliphatic heterocycles. The molecule has 0 unspecified atom stereocenters. The molecule has 0 atom stereocenters. The van der Waals surface area contributed by atoms with E-state index in [9.17, 15) is 0 Å². The first-order valence-corrected chi connectivity index (χ1v) is 11.3. The lowest BCUT2D eigenvalue weighted by molar-refractivity contribution is 0.465. The molecule has 4 rings (SSSR count). The molecule has 0 aliphatic rings. The van der Waals surface area contributed by atoms with Crippen LogP contribution >= 0.6 is 0 Å². The van der Waals surface area contributed by atoms with Crippen molar-refractivity contribution in [1.82, 2.24) is 0 Å². The molecule has 4 aromatic rings. The molecule has 0 saturated heterocycles. The van der Waals surface area contributed by atoms with Crippen molar-refractivity contribution in [3.8, 4) is 23.0 Å². The van der Waals surface area contributed by atoms with E-state index in [1.54, 1.807) is 0 Å². The molecule has 0 aliphatic carbocycles. The molecule has 0 saturated carbocycles. The minimum absolute atomic E-state index is 0.0839. The Balaban J connectivity index is 1.54. The van der Waals surface area contributed by atoms with Gasteiger partial charge in [-0.15, -0.1) is 0 Å². The molecule has 0 amide bonds. The summed E-state index contributed by atoms with van der Waals surface area (Å²) in [5.74, 6) is 3.14. The number of hydrogen-bond donors (Lipinski definition) is 2. The number of rotatable bonds is 8. The molecular formula is C29H30N2O2. The van der Waals surface area contributed by atoms with Crippen LogP contribution in [0.4, 0.5) is 11.4 Å². The van der Waals surface area contributed by atoms with Gasteiger partial charge in [-0.2, -0.15) is 0 Å². The van der Waals surface area contributed by atoms with Crippen LogP contribution < -0.4 is 20.9 Å². The molecule has 0 bridgehead atoms. The van der Waals surface area contributed by atoms with Gasteiger partial charge in [0.15, 0.2) is 0 Å². The van der Waals surface area contributed by atoms with Gasteiger partial charge in [-0.25, -0.2) is 0 Å². The minimum Gasteiger partial charge on any atom is -0.457 e. The van der Waals surface area contributed by atoms with Gasteiger partial charge in [-0.1, -0.05) is 38.1 Å². The average Bonchev–Trinajstić information content (AvgIpc) is 2.85. The molecule has 0 aromatic heterocycles. The van der Waals surface area contributed by atoms with E-state index in [1.807, 2.05) is 72.8 Å². The molecular weight excluding hydrogens is 408 g/mol. The molecule has 33 heavy (non-hydrogen) atoms. The Kier molecular flexibility index (Phi) is 6.55. The Hall–Kier alpha value is -3.92. The van der Waals surface area contributed by atoms with Gasteiger partial charge in [0.1, 0.15) is 23.0 Å². The Bertz CT molecular complexity index is 1070. The summed E-state index contributed by atoms with van der Waals surface area (Å²) >= 11 is 0. The van der Waals surface area contributed by atoms with Crippen LogP contribution in [0.1, 0.15) is 37.8 Å². The highest BCUT2D eigenvalue weighted by atomic mass is 16.5. The van der Waals surface area contributed by atoms with E-state index < -0.39 is 0 Å². The van der Waals surface area contributed by atoms with Crippen LogP contribution in [0.15, 0.2) is 97.1 Å². The van der Waals surface area contributed by atoms with Crippen molar-refractivity contribution in [2.75, 3.05) is 11.5 Å². The summed E-state index contributed by atoms with van der Waals surface area (Å²) < 4.78 is 11.9. The smallest absolute Gasteiger partial charge is 0.127 e. The fourth-order valence-electron chi connectivity index (χ4n) is 4.26. The Labute approximate surface area is 195 Å². The lowest BCUT2D eigenvalue weighted by Gasteiger charge is -2.33. The maximum Gasteiger partial charge on any atom is 0.127 e. The van der Waals surface area contributed by atoms with E-state index >= 15 is 0 Å². The zero-order valence-electron chi connectivity index (χ0n) is 19.1. The molecule has 4 aromatic carbocycles. The van der Waals surface area contributed by atoms with Crippen molar-refractivity contribution < 1.29 is 9.47 Å². The quantitative estimate of drug-likeness (QED) is 0.279. The van der Waals surface area contributed by atoms with E-state index in [0.29, 0.717) is 0 Å². The average molecular weight is 439 g/mol. The van der Waals surface area contributed by atoms with E-state index in [1.165, 1.54) is 11.1 Å². The topological polar surface area (TPSA) is 70.5 Å². The van der Waals surface area contributed by atoms with Gasteiger partial charge < -0.3 is 20.9 Å². The molecule has 0 heterocycles. The summed E-state index contributed by atoms with van der Waals surface area (Å²) in [5.41, 5.74) is 15.4. The monoisotopic (exact) mass is 438 g/mol. The van der Waals surface area contributed by atoms with Gasteiger partial charge in [0, 0.05) is 16.8 Å². The molecule has 0 spiro atoms. The SMILES string of the molecule is CCC(CC)(c1ccc(Oc2ccc(N)cc2)cc1)c1ccc(Oc2ccc(N)cc2)cc1. The number of benzene rings is 4. The zero-order chi connectivity index (χ0) is 23.3. The second-order valence-electron chi connectivity index (χ2n) is 8.18. The summed E-state index contributed by atoms with van der Waals surface area (Å²) in [6.45, 7) is 4.47. The number of ether oxygens (including phenoxy) is 2. The van der Waals surface area contributed by atoms with Crippen LogP contribution in [0.2, 0.25) is 0 Å². The largest absolute Gasteiger partial charge is 0.457 e. The summed E-state index contributed by atoms with van der Waals surface area (Å²) in [6.07, 6.45) is 1.97. The van der Waals surface area contributed by atoms with Crippen molar-refractivity contribution in [2.45, 2.75) is 32.1 Å². The van der Waals surface area contributed by atoms with Gasteiger partial charge in [-0.3, -0.25) is 0 Å². The van der Waals surface area contributed by atoms with Gasteiger partial charge >= 0.3 is 0 Å². The lowest BCUT2D eigenvalue weighted by Crippen LogP contribution is -2.25. The highest BCUT2D eigenvalue weighted by Gasteiger charge is 2.30. The highest BCUT2D eigenvalue weighted by Crippen LogP contribution is 2.40. The first kappa shape index (κ1) is 22.3. The van der Waals surface area contributed by atoms with Crippen molar-refractivity contribution in [3.63, 3.8) is 0 Å². The normalized spacial score (nSPS) is 11.2. The molecule has 4 N–H and O–H groups in total. The van der Waals surface area contributed by atoms with Crippen LogP contribution in [-0.4, -0.2) is 0 Å². The maximum atomic E-state index is 5.97. The third-order valence-electron chi connectivity index (χ3n) is 6.25. The van der Waals surface area contributed by atoms with E-state index in [4.69, 9.17) is 20.9 Å². The highest BCUT2D eigenvalue weighted by molar-refractivity contribution is 5.47. The van der Waals surface area contributed by atoms with Crippen molar-refractivity contribution in [2.24, 2.45) is 0 Å². The van der Waals surface area contributed by atoms with Crippen LogP contribution in [0.5, 0.6) is 23.0 Å². The van der Waals surface area contributed by atoms with Crippen LogP contribution in [0, 0.1) is 0 Å². The van der Waals surface area contributed by atoms with Gasteiger partial charge in [-0.05, 0) is 96.8 Å². The van der Waals surface area contributed by atoms with Crippen LogP contribution in [0.25, 0.3) is 0 Å². The van der Waals surface area contributed by atoms with Crippen molar-refractivity contribution in [1.29, 1.82) is 0 Å². The summed E-state index contributed by atoms with van der Waals surface area (Å²) in [5, 5.41) is 0. The Morgan fingerprint density at radius 1 is 0.485 bits per heavy atom. The Morgan fingerprint density at radius 2 is 0.758 bits per heavy atom. The van der Waals surface area contributed by atoms with Crippen molar-refractivity contribution >= 4 is 11.4 Å². The third kappa shape index (κ3) is 4.96. The summed E-state index contributed by atoms with van der Waals surface area (Å²) in [6, 6.07) is 31.6. The number of nitrogens with two attached hydrogens (primary N) is 2. The maximum absolute atomic E-state index is 5.97. The fraction of sp³-hybridized carbons (Fsp3) is 0.172. The predicted molar refractivity (Wildman–Crippen MR) is 136 cm³/mol. The van der Waals surface area contributed by atoms with E-state index in [-0.39, 0.29) is 5.41 Å². The van der Waals surface area contributed by atoms with Gasteiger partial charge in [0.2, 0.25) is 0 Å². The lowest BCUT2D eigenvalue weighted by atomic mass is 9.70. The number of hydrogen-bond acceptors (Lipinski definition) is 4. The summed E-state index contributed by atoms with van der Waals surface area (Å²) in [7, 11) is 0. The van der Waals surface area contributed by atoms with Crippen LogP contribution in [-0.2, 0) is 5.41 Å². The van der Waals surface area contributed by atoms with Crippen molar-refractivity contribution in [3.05, 3.63) is 108 Å². The second kappa shape index (κ2) is 9.70. The Morgan fingerprint density at radius 3 is 1.03 bits per heavy atom.